The van der Waals surface area contributed by atoms with Crippen molar-refractivity contribution < 1.29 is 18.0 Å². The van der Waals surface area contributed by atoms with E-state index >= 15 is 0 Å². The second-order valence-corrected chi connectivity index (χ2v) is 7.08. The number of amides is 2. The zero-order valence-electron chi connectivity index (χ0n) is 13.5. The number of carbonyl (C=O) groups is 1. The number of carbonyl (C=O) groups excluding carboxylic acids is 1. The van der Waals surface area contributed by atoms with Crippen molar-refractivity contribution >= 4 is 29.2 Å². The summed E-state index contributed by atoms with van der Waals surface area (Å²) in [5, 5.41) is 2.84. The molecule has 25 heavy (non-hydrogen) atoms. The van der Waals surface area contributed by atoms with E-state index in [-0.39, 0.29) is 10.9 Å². The van der Waals surface area contributed by atoms with Crippen molar-refractivity contribution in [2.24, 2.45) is 0 Å². The molecular formula is C18H17F3N2OS. The standard InChI is InChI=1S/C18H17F3N2OS/c1-2-14-11-23(15-8-3-4-9-16(15)25-14)17(24)22-13-7-5-6-12(10-13)18(19,20)21/h3-10,14H,2,11H2,1H3,(H,22,24)/t14-/m1/s1. The summed E-state index contributed by atoms with van der Waals surface area (Å²) in [6.07, 6.45) is -3.55. The molecule has 0 saturated carbocycles. The first-order valence-electron chi connectivity index (χ1n) is 7.90. The highest BCUT2D eigenvalue weighted by atomic mass is 32.2. The molecule has 7 heteroatoms. The first kappa shape index (κ1) is 17.7. The first-order valence-corrected chi connectivity index (χ1v) is 8.78. The number of thioether (sulfide) groups is 1. The van der Waals surface area contributed by atoms with Crippen molar-refractivity contribution in [3.63, 3.8) is 0 Å². The van der Waals surface area contributed by atoms with Crippen LogP contribution in [-0.4, -0.2) is 17.8 Å². The summed E-state index contributed by atoms with van der Waals surface area (Å²) in [6.45, 7) is 2.57. The van der Waals surface area contributed by atoms with Crippen LogP contribution in [0.5, 0.6) is 0 Å². The maximum atomic E-state index is 12.8. The number of fused-ring (bicyclic) bond motifs is 1. The Balaban J connectivity index is 1.84. The molecule has 3 nitrogen and oxygen atoms in total. The van der Waals surface area contributed by atoms with Gasteiger partial charge in [-0.15, -0.1) is 11.8 Å². The molecule has 2 amide bonds. The van der Waals surface area contributed by atoms with Gasteiger partial charge in [0, 0.05) is 22.4 Å². The van der Waals surface area contributed by atoms with Crippen molar-refractivity contribution in [3.05, 3.63) is 54.1 Å². The number of para-hydroxylation sites is 1. The normalized spacial score (nSPS) is 17.1. The molecule has 2 aromatic carbocycles. The van der Waals surface area contributed by atoms with Gasteiger partial charge >= 0.3 is 12.2 Å². The molecule has 132 valence electrons. The largest absolute Gasteiger partial charge is 0.416 e. The summed E-state index contributed by atoms with van der Waals surface area (Å²) < 4.78 is 38.5. The van der Waals surface area contributed by atoms with Crippen LogP contribution in [0, 0.1) is 0 Å². The molecule has 1 atom stereocenters. The second-order valence-electron chi connectivity index (χ2n) is 5.74. The Kier molecular flexibility index (Phi) is 4.94. The van der Waals surface area contributed by atoms with Gasteiger partial charge in [-0.1, -0.05) is 25.1 Å². The molecule has 0 fully saturated rings. The Hall–Kier alpha value is -2.15. The predicted molar refractivity (Wildman–Crippen MR) is 94.2 cm³/mol. The Morgan fingerprint density at radius 2 is 2.00 bits per heavy atom. The molecule has 3 rings (SSSR count). The van der Waals surface area contributed by atoms with Crippen LogP contribution >= 0.6 is 11.8 Å². The number of anilines is 2. The Labute approximate surface area is 148 Å². The van der Waals surface area contributed by atoms with E-state index in [9.17, 15) is 18.0 Å². The zero-order valence-corrected chi connectivity index (χ0v) is 14.3. The minimum atomic E-state index is -4.44. The predicted octanol–water partition coefficient (Wildman–Crippen LogP) is 5.63. The summed E-state index contributed by atoms with van der Waals surface area (Å²) in [7, 11) is 0. The van der Waals surface area contributed by atoms with Gasteiger partial charge in [0.1, 0.15) is 0 Å². The second kappa shape index (κ2) is 7.00. The number of hydrogen-bond acceptors (Lipinski definition) is 2. The van der Waals surface area contributed by atoms with E-state index in [0.29, 0.717) is 6.54 Å². The fourth-order valence-electron chi connectivity index (χ4n) is 2.67. The van der Waals surface area contributed by atoms with Crippen LogP contribution < -0.4 is 10.2 Å². The quantitative estimate of drug-likeness (QED) is 0.747. The molecule has 1 aliphatic heterocycles. The maximum Gasteiger partial charge on any atom is 0.416 e. The highest BCUT2D eigenvalue weighted by molar-refractivity contribution is 8.00. The number of rotatable bonds is 2. The van der Waals surface area contributed by atoms with E-state index in [1.807, 2.05) is 24.3 Å². The van der Waals surface area contributed by atoms with E-state index < -0.39 is 17.8 Å². The number of nitrogens with zero attached hydrogens (tertiary/aromatic N) is 1. The lowest BCUT2D eigenvalue weighted by Crippen LogP contribution is -2.41. The Morgan fingerprint density at radius 1 is 1.24 bits per heavy atom. The molecule has 0 spiro atoms. The number of urea groups is 1. The van der Waals surface area contributed by atoms with Crippen molar-refractivity contribution in [1.29, 1.82) is 0 Å². The average Bonchev–Trinajstić information content (AvgIpc) is 2.60. The van der Waals surface area contributed by atoms with E-state index in [1.54, 1.807) is 16.7 Å². The SMILES string of the molecule is CC[C@@H]1CN(C(=O)Nc2cccc(C(F)(F)F)c2)c2ccccc2S1. The highest BCUT2D eigenvalue weighted by Crippen LogP contribution is 2.39. The summed E-state index contributed by atoms with van der Waals surface area (Å²) in [5.74, 6) is 0. The molecule has 0 aliphatic carbocycles. The Bertz CT molecular complexity index is 779. The number of alkyl halides is 3. The van der Waals surface area contributed by atoms with E-state index in [2.05, 4.69) is 12.2 Å². The molecule has 0 radical (unpaired) electrons. The molecule has 2 aromatic rings. The van der Waals surface area contributed by atoms with Gasteiger partial charge in [0.15, 0.2) is 0 Å². The van der Waals surface area contributed by atoms with Gasteiger partial charge in [0.25, 0.3) is 0 Å². The fraction of sp³-hybridized carbons (Fsp3) is 0.278. The lowest BCUT2D eigenvalue weighted by molar-refractivity contribution is -0.137. The van der Waals surface area contributed by atoms with E-state index in [1.165, 1.54) is 12.1 Å². The topological polar surface area (TPSA) is 32.3 Å². The lowest BCUT2D eigenvalue weighted by Gasteiger charge is -2.33. The monoisotopic (exact) mass is 366 g/mol. The van der Waals surface area contributed by atoms with Gasteiger partial charge in [-0.05, 0) is 36.8 Å². The molecule has 1 N–H and O–H groups in total. The van der Waals surface area contributed by atoms with Gasteiger partial charge in [0.05, 0.1) is 11.3 Å². The fourth-order valence-corrected chi connectivity index (χ4v) is 3.87. The van der Waals surface area contributed by atoms with Crippen LogP contribution in [0.3, 0.4) is 0 Å². The van der Waals surface area contributed by atoms with Gasteiger partial charge in [-0.25, -0.2) is 4.79 Å². The zero-order chi connectivity index (χ0) is 18.0. The van der Waals surface area contributed by atoms with Gasteiger partial charge in [-0.2, -0.15) is 13.2 Å². The minimum absolute atomic E-state index is 0.128. The van der Waals surface area contributed by atoms with Crippen LogP contribution in [0.25, 0.3) is 0 Å². The molecule has 0 aromatic heterocycles. The molecule has 0 saturated heterocycles. The first-order chi connectivity index (χ1) is 11.9. The van der Waals surface area contributed by atoms with Gasteiger partial charge in [-0.3, -0.25) is 4.90 Å². The summed E-state index contributed by atoms with van der Waals surface area (Å²) in [4.78, 5) is 15.3. The lowest BCUT2D eigenvalue weighted by atomic mass is 10.2. The van der Waals surface area contributed by atoms with Gasteiger partial charge in [0.2, 0.25) is 0 Å². The molecular weight excluding hydrogens is 349 g/mol. The number of halogens is 3. The number of hydrogen-bond donors (Lipinski definition) is 1. The average molecular weight is 366 g/mol. The van der Waals surface area contributed by atoms with Crippen molar-refractivity contribution in [1.82, 2.24) is 0 Å². The third-order valence-electron chi connectivity index (χ3n) is 3.98. The molecule has 0 bridgehead atoms. The van der Waals surface area contributed by atoms with Crippen LogP contribution in [-0.2, 0) is 6.18 Å². The van der Waals surface area contributed by atoms with E-state index in [0.717, 1.165) is 29.1 Å². The third kappa shape index (κ3) is 3.92. The highest BCUT2D eigenvalue weighted by Gasteiger charge is 2.31. The summed E-state index contributed by atoms with van der Waals surface area (Å²) in [6, 6.07) is 11.8. The van der Waals surface area contributed by atoms with Crippen LogP contribution in [0.2, 0.25) is 0 Å². The smallest absolute Gasteiger partial charge is 0.308 e. The van der Waals surface area contributed by atoms with E-state index in [4.69, 9.17) is 0 Å². The number of benzene rings is 2. The summed E-state index contributed by atoms with van der Waals surface area (Å²) >= 11 is 1.72. The van der Waals surface area contributed by atoms with Crippen molar-refractivity contribution in [2.75, 3.05) is 16.8 Å². The molecule has 0 unspecified atom stereocenters. The van der Waals surface area contributed by atoms with Crippen LogP contribution in [0.4, 0.5) is 29.3 Å². The number of nitrogens with one attached hydrogen (secondary N) is 1. The van der Waals surface area contributed by atoms with Crippen molar-refractivity contribution in [2.45, 2.75) is 29.7 Å². The summed E-state index contributed by atoms with van der Waals surface area (Å²) in [5.41, 5.74) is 0.122. The van der Waals surface area contributed by atoms with Crippen LogP contribution in [0.1, 0.15) is 18.9 Å². The van der Waals surface area contributed by atoms with Crippen LogP contribution in [0.15, 0.2) is 53.4 Å². The van der Waals surface area contributed by atoms with Crippen molar-refractivity contribution in [3.8, 4) is 0 Å². The third-order valence-corrected chi connectivity index (χ3v) is 5.39. The maximum absolute atomic E-state index is 12.8. The van der Waals surface area contributed by atoms with Gasteiger partial charge < -0.3 is 5.32 Å². The molecule has 1 heterocycles. The Morgan fingerprint density at radius 3 is 2.72 bits per heavy atom. The molecule has 1 aliphatic rings. The minimum Gasteiger partial charge on any atom is -0.308 e.